The zero-order chi connectivity index (χ0) is 16.0. The number of aryl methyl sites for hydroxylation is 3. The molecule has 0 fully saturated rings. The Morgan fingerprint density at radius 3 is 2.48 bits per heavy atom. The average Bonchev–Trinajstić information content (AvgIpc) is 2.53. The van der Waals surface area contributed by atoms with Crippen LogP contribution in [0.15, 0.2) is 43.0 Å². The summed E-state index contributed by atoms with van der Waals surface area (Å²) in [6.45, 7) is 6.32. The van der Waals surface area contributed by atoms with Crippen molar-refractivity contribution < 1.29 is 4.74 Å². The highest BCUT2D eigenvalue weighted by atomic mass is 16.5. The van der Waals surface area contributed by atoms with Crippen molar-refractivity contribution >= 4 is 17.2 Å². The predicted octanol–water partition coefficient (Wildman–Crippen LogP) is 4.37. The van der Waals surface area contributed by atoms with Crippen LogP contribution in [0, 0.1) is 20.8 Å². The first-order valence-corrected chi connectivity index (χ1v) is 7.46. The van der Waals surface area contributed by atoms with E-state index in [1.54, 1.807) is 24.8 Å². The van der Waals surface area contributed by atoms with Crippen molar-refractivity contribution in [2.24, 2.45) is 0 Å². The van der Waals surface area contributed by atoms with Crippen LogP contribution in [0.25, 0.3) is 0 Å². The fourth-order valence-electron chi connectivity index (χ4n) is 3.14. The maximum absolute atomic E-state index is 5.88. The van der Waals surface area contributed by atoms with Gasteiger partial charge in [0, 0.05) is 24.7 Å². The van der Waals surface area contributed by atoms with Gasteiger partial charge < -0.3 is 4.74 Å². The highest BCUT2D eigenvalue weighted by Gasteiger charge is 2.29. The summed E-state index contributed by atoms with van der Waals surface area (Å²) in [7, 11) is 0. The number of anilines is 3. The number of nitrogens with zero attached hydrogens (tertiary/aromatic N) is 4. The molecule has 0 amide bonds. The lowest BCUT2D eigenvalue weighted by molar-refractivity contribution is 0.453. The summed E-state index contributed by atoms with van der Waals surface area (Å²) in [5, 5.41) is 0. The standard InChI is InChI=1S/C18H16N4O/c1-11-8-12(2)16(13(3)9-11)22-14-10-19-5-4-15(14)23-18-17(22)20-6-7-21-18/h4-10H,1-3H3. The maximum atomic E-state index is 5.88. The summed E-state index contributed by atoms with van der Waals surface area (Å²) in [6.07, 6.45) is 6.83. The van der Waals surface area contributed by atoms with Gasteiger partial charge in [0.05, 0.1) is 11.9 Å². The first-order chi connectivity index (χ1) is 11.1. The highest BCUT2D eigenvalue weighted by Crippen LogP contribution is 2.49. The molecule has 0 saturated heterocycles. The van der Waals surface area contributed by atoms with E-state index in [1.165, 1.54) is 16.7 Å². The molecule has 0 atom stereocenters. The SMILES string of the molecule is Cc1cc(C)c(N2c3cnccc3Oc3nccnc32)c(C)c1. The average molecular weight is 304 g/mol. The lowest BCUT2D eigenvalue weighted by Crippen LogP contribution is -2.20. The van der Waals surface area contributed by atoms with E-state index in [-0.39, 0.29) is 0 Å². The number of aromatic nitrogens is 3. The minimum atomic E-state index is 0.505. The number of pyridine rings is 1. The molecule has 5 nitrogen and oxygen atoms in total. The third-order valence-corrected chi connectivity index (χ3v) is 3.93. The molecular formula is C18H16N4O. The van der Waals surface area contributed by atoms with Crippen molar-refractivity contribution in [3.63, 3.8) is 0 Å². The van der Waals surface area contributed by atoms with Gasteiger partial charge in [-0.1, -0.05) is 17.7 Å². The first-order valence-electron chi connectivity index (χ1n) is 7.46. The molecule has 1 aliphatic rings. The quantitative estimate of drug-likeness (QED) is 0.522. The van der Waals surface area contributed by atoms with Gasteiger partial charge in [0.15, 0.2) is 5.75 Å². The van der Waals surface area contributed by atoms with Gasteiger partial charge in [-0.05, 0) is 31.9 Å². The second kappa shape index (κ2) is 5.05. The van der Waals surface area contributed by atoms with Crippen LogP contribution in [-0.4, -0.2) is 15.0 Å². The fraction of sp³-hybridized carbons (Fsp3) is 0.167. The van der Waals surface area contributed by atoms with E-state index in [1.807, 2.05) is 6.07 Å². The van der Waals surface area contributed by atoms with Crippen LogP contribution < -0.4 is 9.64 Å². The zero-order valence-corrected chi connectivity index (χ0v) is 13.2. The number of rotatable bonds is 1. The molecule has 0 spiro atoms. The van der Waals surface area contributed by atoms with Gasteiger partial charge in [0.25, 0.3) is 5.88 Å². The van der Waals surface area contributed by atoms with E-state index in [0.29, 0.717) is 11.7 Å². The third kappa shape index (κ3) is 2.12. The van der Waals surface area contributed by atoms with E-state index in [9.17, 15) is 0 Å². The van der Waals surface area contributed by atoms with Crippen molar-refractivity contribution in [1.29, 1.82) is 0 Å². The number of benzene rings is 1. The summed E-state index contributed by atoms with van der Waals surface area (Å²) < 4.78 is 5.88. The summed E-state index contributed by atoms with van der Waals surface area (Å²) >= 11 is 0. The van der Waals surface area contributed by atoms with E-state index in [2.05, 4.69) is 52.8 Å². The molecule has 0 bridgehead atoms. The molecule has 0 aliphatic carbocycles. The Morgan fingerprint density at radius 1 is 0.957 bits per heavy atom. The summed E-state index contributed by atoms with van der Waals surface area (Å²) in [6, 6.07) is 6.19. The van der Waals surface area contributed by atoms with Gasteiger partial charge in [0.2, 0.25) is 5.82 Å². The second-order valence-corrected chi connectivity index (χ2v) is 5.71. The first kappa shape index (κ1) is 13.7. The van der Waals surface area contributed by atoms with Crippen molar-refractivity contribution in [2.75, 3.05) is 4.90 Å². The minimum absolute atomic E-state index is 0.505. The van der Waals surface area contributed by atoms with Gasteiger partial charge in [-0.3, -0.25) is 9.88 Å². The Labute approximate surface area is 134 Å². The molecule has 1 aliphatic heterocycles. The number of fused-ring (bicyclic) bond motifs is 2. The Kier molecular flexibility index (Phi) is 3.01. The zero-order valence-electron chi connectivity index (χ0n) is 13.2. The number of hydrogen-bond acceptors (Lipinski definition) is 5. The van der Waals surface area contributed by atoms with Crippen LogP contribution in [-0.2, 0) is 0 Å². The highest BCUT2D eigenvalue weighted by molar-refractivity contribution is 5.85. The van der Waals surface area contributed by atoms with E-state index in [0.717, 1.165) is 17.1 Å². The molecule has 114 valence electrons. The van der Waals surface area contributed by atoms with Gasteiger partial charge in [0.1, 0.15) is 5.69 Å². The Bertz CT molecular complexity index is 839. The van der Waals surface area contributed by atoms with E-state index < -0.39 is 0 Å². The minimum Gasteiger partial charge on any atom is -0.434 e. The van der Waals surface area contributed by atoms with Crippen LogP contribution in [0.2, 0.25) is 0 Å². The molecule has 3 heterocycles. The molecule has 0 radical (unpaired) electrons. The monoisotopic (exact) mass is 304 g/mol. The van der Waals surface area contributed by atoms with Crippen LogP contribution in [0.3, 0.4) is 0 Å². The largest absolute Gasteiger partial charge is 0.434 e. The van der Waals surface area contributed by atoms with Gasteiger partial charge in [-0.25, -0.2) is 9.97 Å². The Balaban J connectivity index is 2.02. The molecule has 0 saturated carbocycles. The van der Waals surface area contributed by atoms with E-state index >= 15 is 0 Å². The molecule has 2 aromatic heterocycles. The summed E-state index contributed by atoms with van der Waals surface area (Å²) in [4.78, 5) is 15.2. The molecule has 0 N–H and O–H groups in total. The third-order valence-electron chi connectivity index (χ3n) is 3.93. The molecule has 4 rings (SSSR count). The molecule has 1 aromatic carbocycles. The van der Waals surface area contributed by atoms with Crippen LogP contribution in [0.5, 0.6) is 11.6 Å². The molecule has 3 aromatic rings. The van der Waals surface area contributed by atoms with Gasteiger partial charge in [-0.2, -0.15) is 0 Å². The molecule has 5 heteroatoms. The van der Waals surface area contributed by atoms with Crippen molar-refractivity contribution in [1.82, 2.24) is 15.0 Å². The Morgan fingerprint density at radius 2 is 1.70 bits per heavy atom. The summed E-state index contributed by atoms with van der Waals surface area (Å²) in [5.74, 6) is 1.92. The normalized spacial score (nSPS) is 12.4. The van der Waals surface area contributed by atoms with Gasteiger partial charge in [-0.15, -0.1) is 0 Å². The summed E-state index contributed by atoms with van der Waals surface area (Å²) in [5.41, 5.74) is 5.56. The Hall–Kier alpha value is -2.95. The smallest absolute Gasteiger partial charge is 0.263 e. The number of hydrogen-bond donors (Lipinski definition) is 0. The molecule has 0 unspecified atom stereocenters. The van der Waals surface area contributed by atoms with Crippen molar-refractivity contribution in [3.05, 3.63) is 59.7 Å². The lowest BCUT2D eigenvalue weighted by Gasteiger charge is -2.32. The topological polar surface area (TPSA) is 51.1 Å². The number of ether oxygens (including phenoxy) is 1. The van der Waals surface area contributed by atoms with Crippen molar-refractivity contribution in [2.45, 2.75) is 20.8 Å². The van der Waals surface area contributed by atoms with E-state index in [4.69, 9.17) is 4.74 Å². The van der Waals surface area contributed by atoms with Crippen LogP contribution >= 0.6 is 0 Å². The van der Waals surface area contributed by atoms with Crippen LogP contribution in [0.1, 0.15) is 16.7 Å². The van der Waals surface area contributed by atoms with Crippen LogP contribution in [0.4, 0.5) is 17.2 Å². The maximum Gasteiger partial charge on any atom is 0.263 e. The fourth-order valence-corrected chi connectivity index (χ4v) is 3.14. The predicted molar refractivity (Wildman–Crippen MR) is 88.8 cm³/mol. The second-order valence-electron chi connectivity index (χ2n) is 5.71. The van der Waals surface area contributed by atoms with Crippen molar-refractivity contribution in [3.8, 4) is 11.6 Å². The van der Waals surface area contributed by atoms with Gasteiger partial charge >= 0.3 is 0 Å². The lowest BCUT2D eigenvalue weighted by atomic mass is 10.0. The molecular weight excluding hydrogens is 288 g/mol. The molecule has 23 heavy (non-hydrogen) atoms.